The fourth-order valence-corrected chi connectivity index (χ4v) is 2.89. The van der Waals surface area contributed by atoms with Crippen molar-refractivity contribution < 1.29 is 9.90 Å². The number of hydrogen-bond acceptors (Lipinski definition) is 3. The number of hydrogen-bond donors (Lipinski definition) is 1. The van der Waals surface area contributed by atoms with Crippen LogP contribution in [0.2, 0.25) is 5.02 Å². The molecule has 1 aromatic carbocycles. The average molecular weight is 308 g/mol. The van der Waals surface area contributed by atoms with Gasteiger partial charge in [0, 0.05) is 11.4 Å². The highest BCUT2D eigenvalue weighted by Crippen LogP contribution is 2.22. The molecule has 0 fully saturated rings. The molecular formula is C14H14ClN3O3. The van der Waals surface area contributed by atoms with Crippen molar-refractivity contribution in [1.82, 2.24) is 14.3 Å². The Kier molecular flexibility index (Phi) is 3.55. The Bertz CT molecular complexity index is 750. The number of fused-ring (bicyclic) bond motifs is 1. The predicted molar refractivity (Wildman–Crippen MR) is 76.7 cm³/mol. The quantitative estimate of drug-likeness (QED) is 0.936. The molecule has 1 aromatic heterocycles. The van der Waals surface area contributed by atoms with Crippen molar-refractivity contribution in [3.05, 3.63) is 51.2 Å². The fourth-order valence-electron chi connectivity index (χ4n) is 2.68. The highest BCUT2D eigenvalue weighted by Gasteiger charge is 2.30. The molecule has 0 aliphatic carbocycles. The van der Waals surface area contributed by atoms with Gasteiger partial charge < -0.3 is 5.11 Å². The zero-order chi connectivity index (χ0) is 15.0. The molecule has 0 amide bonds. The standard InChI is InChI=1S/C14H14ClN3O3/c15-10-4-1-3-9(7-10)8-17-14(21)18-11(13(19)20)5-2-6-12(18)16-17/h1,3-4,7,11H,2,5-6,8H2,(H,19,20). The van der Waals surface area contributed by atoms with Gasteiger partial charge in [-0.25, -0.2) is 14.3 Å². The second kappa shape index (κ2) is 5.37. The number of aromatic nitrogens is 3. The van der Waals surface area contributed by atoms with Crippen LogP contribution in [0.1, 0.15) is 30.3 Å². The molecule has 0 bridgehead atoms. The van der Waals surface area contributed by atoms with Gasteiger partial charge in [-0.1, -0.05) is 23.7 Å². The third-order valence-electron chi connectivity index (χ3n) is 3.64. The van der Waals surface area contributed by atoms with E-state index in [0.29, 0.717) is 23.7 Å². The van der Waals surface area contributed by atoms with Gasteiger partial charge in [-0.15, -0.1) is 0 Å². The minimum Gasteiger partial charge on any atom is -0.480 e. The van der Waals surface area contributed by atoms with Crippen LogP contribution in [0.25, 0.3) is 0 Å². The average Bonchev–Trinajstić information content (AvgIpc) is 2.75. The van der Waals surface area contributed by atoms with Gasteiger partial charge in [0.05, 0.1) is 6.54 Å². The molecule has 0 spiro atoms. The van der Waals surface area contributed by atoms with E-state index in [9.17, 15) is 14.7 Å². The molecule has 1 aliphatic rings. The second-order valence-electron chi connectivity index (χ2n) is 5.10. The van der Waals surface area contributed by atoms with Crippen molar-refractivity contribution in [2.45, 2.75) is 31.8 Å². The second-order valence-corrected chi connectivity index (χ2v) is 5.54. The van der Waals surface area contributed by atoms with E-state index in [4.69, 9.17) is 11.6 Å². The van der Waals surface area contributed by atoms with Crippen LogP contribution in [0.4, 0.5) is 0 Å². The Morgan fingerprint density at radius 3 is 3.00 bits per heavy atom. The summed E-state index contributed by atoms with van der Waals surface area (Å²) in [6.07, 6.45) is 1.82. The summed E-state index contributed by atoms with van der Waals surface area (Å²) in [5.41, 5.74) is 0.476. The molecule has 1 unspecified atom stereocenters. The monoisotopic (exact) mass is 307 g/mol. The zero-order valence-corrected chi connectivity index (χ0v) is 12.0. The molecule has 0 saturated heterocycles. The van der Waals surface area contributed by atoms with Gasteiger partial charge >= 0.3 is 11.7 Å². The minimum atomic E-state index is -0.986. The molecule has 0 saturated carbocycles. The molecule has 1 aliphatic heterocycles. The van der Waals surface area contributed by atoms with Gasteiger partial charge in [0.1, 0.15) is 11.9 Å². The first-order valence-corrected chi connectivity index (χ1v) is 7.09. The van der Waals surface area contributed by atoms with Gasteiger partial charge in [0.2, 0.25) is 0 Å². The Morgan fingerprint density at radius 1 is 1.48 bits per heavy atom. The van der Waals surface area contributed by atoms with Crippen molar-refractivity contribution >= 4 is 17.6 Å². The maximum Gasteiger partial charge on any atom is 0.347 e. The van der Waals surface area contributed by atoms with E-state index in [2.05, 4.69) is 5.10 Å². The summed E-state index contributed by atoms with van der Waals surface area (Å²) < 4.78 is 2.61. The maximum atomic E-state index is 12.4. The molecule has 7 heteroatoms. The van der Waals surface area contributed by atoms with E-state index in [0.717, 1.165) is 12.0 Å². The number of rotatable bonds is 3. The van der Waals surface area contributed by atoms with E-state index in [1.54, 1.807) is 18.2 Å². The Labute approximate surface area is 125 Å². The molecule has 1 N–H and O–H groups in total. The first-order chi connectivity index (χ1) is 10.1. The first kappa shape index (κ1) is 13.9. The molecule has 2 heterocycles. The van der Waals surface area contributed by atoms with Crippen molar-refractivity contribution in [3.63, 3.8) is 0 Å². The number of carboxylic acid groups (broad SMARTS) is 1. The summed E-state index contributed by atoms with van der Waals surface area (Å²) in [4.78, 5) is 23.7. The molecular weight excluding hydrogens is 294 g/mol. The van der Waals surface area contributed by atoms with Crippen LogP contribution in [-0.2, 0) is 17.8 Å². The number of benzene rings is 1. The minimum absolute atomic E-state index is 0.283. The smallest absolute Gasteiger partial charge is 0.347 e. The molecule has 6 nitrogen and oxygen atoms in total. The van der Waals surface area contributed by atoms with Gasteiger partial charge in [0.25, 0.3) is 0 Å². The lowest BCUT2D eigenvalue weighted by Gasteiger charge is -2.19. The van der Waals surface area contributed by atoms with Gasteiger partial charge in [-0.2, -0.15) is 5.10 Å². The lowest BCUT2D eigenvalue weighted by Crippen LogP contribution is -2.34. The lowest BCUT2D eigenvalue weighted by atomic mass is 10.1. The Hall–Kier alpha value is -2.08. The fraction of sp³-hybridized carbons (Fsp3) is 0.357. The summed E-state index contributed by atoms with van der Waals surface area (Å²) in [5.74, 6) is -0.443. The van der Waals surface area contributed by atoms with Crippen molar-refractivity contribution in [2.24, 2.45) is 0 Å². The van der Waals surface area contributed by atoms with Crippen LogP contribution in [0.15, 0.2) is 29.1 Å². The third kappa shape index (κ3) is 2.58. The van der Waals surface area contributed by atoms with Crippen LogP contribution in [0.3, 0.4) is 0 Å². The maximum absolute atomic E-state index is 12.4. The summed E-state index contributed by atoms with van der Waals surface area (Å²) in [6, 6.07) is 6.37. The first-order valence-electron chi connectivity index (χ1n) is 6.72. The highest BCUT2D eigenvalue weighted by atomic mass is 35.5. The molecule has 2 aromatic rings. The summed E-state index contributed by atoms with van der Waals surface area (Å²) >= 11 is 5.93. The predicted octanol–water partition coefficient (Wildman–Crippen LogP) is 1.71. The highest BCUT2D eigenvalue weighted by molar-refractivity contribution is 6.30. The normalized spacial score (nSPS) is 17.5. The molecule has 0 radical (unpaired) electrons. The van der Waals surface area contributed by atoms with Gasteiger partial charge in [0.15, 0.2) is 0 Å². The lowest BCUT2D eigenvalue weighted by molar-refractivity contribution is -0.141. The third-order valence-corrected chi connectivity index (χ3v) is 3.87. The number of carbonyl (C=O) groups is 1. The van der Waals surface area contributed by atoms with Crippen LogP contribution in [0.5, 0.6) is 0 Å². The molecule has 1 atom stereocenters. The van der Waals surface area contributed by atoms with Gasteiger partial charge in [-0.3, -0.25) is 4.57 Å². The van der Waals surface area contributed by atoms with Crippen LogP contribution >= 0.6 is 11.6 Å². The van der Waals surface area contributed by atoms with Crippen LogP contribution in [-0.4, -0.2) is 25.4 Å². The van der Waals surface area contributed by atoms with Crippen LogP contribution in [0, 0.1) is 0 Å². The van der Waals surface area contributed by atoms with E-state index >= 15 is 0 Å². The van der Waals surface area contributed by atoms with Crippen molar-refractivity contribution in [1.29, 1.82) is 0 Å². The van der Waals surface area contributed by atoms with Gasteiger partial charge in [-0.05, 0) is 30.5 Å². The topological polar surface area (TPSA) is 77.1 Å². The number of aryl methyl sites for hydroxylation is 1. The SMILES string of the molecule is O=C(O)C1CCCc2nn(Cc3cccc(Cl)c3)c(=O)n21. The van der Waals surface area contributed by atoms with Crippen molar-refractivity contribution in [3.8, 4) is 0 Å². The van der Waals surface area contributed by atoms with E-state index in [-0.39, 0.29) is 12.2 Å². The number of carboxylic acids is 1. The van der Waals surface area contributed by atoms with Crippen LogP contribution < -0.4 is 5.69 Å². The zero-order valence-electron chi connectivity index (χ0n) is 11.2. The molecule has 21 heavy (non-hydrogen) atoms. The number of nitrogens with zero attached hydrogens (tertiary/aromatic N) is 3. The summed E-state index contributed by atoms with van der Waals surface area (Å²) in [6.45, 7) is 0.283. The summed E-state index contributed by atoms with van der Waals surface area (Å²) in [7, 11) is 0. The molecule has 3 rings (SSSR count). The number of aliphatic carboxylic acids is 1. The number of halogens is 1. The van der Waals surface area contributed by atoms with E-state index < -0.39 is 12.0 Å². The van der Waals surface area contributed by atoms with E-state index in [1.165, 1.54) is 9.25 Å². The summed E-state index contributed by atoms with van der Waals surface area (Å²) in [5, 5.41) is 14.1. The molecule has 110 valence electrons. The Morgan fingerprint density at radius 2 is 2.29 bits per heavy atom. The largest absolute Gasteiger partial charge is 0.480 e. The van der Waals surface area contributed by atoms with E-state index in [1.807, 2.05) is 6.07 Å². The van der Waals surface area contributed by atoms with Crippen molar-refractivity contribution in [2.75, 3.05) is 0 Å². The Balaban J connectivity index is 1.99.